The molecular weight excluding hydrogens is 360 g/mol. The van der Waals surface area contributed by atoms with Crippen molar-refractivity contribution in [2.75, 3.05) is 6.54 Å². The van der Waals surface area contributed by atoms with Crippen LogP contribution in [0.15, 0.2) is 65.9 Å². The lowest BCUT2D eigenvalue weighted by atomic mass is 10.0. The molecule has 2 aromatic heterocycles. The predicted molar refractivity (Wildman–Crippen MR) is 117 cm³/mol. The van der Waals surface area contributed by atoms with E-state index in [4.69, 9.17) is 10.6 Å². The Balaban J connectivity index is 1.95. The Morgan fingerprint density at radius 2 is 1.83 bits per heavy atom. The molecule has 0 radical (unpaired) electrons. The standard InChI is InChI=1S/C24H26N4O/c1-17-11-12-21-23(27-29-16-19-8-5-6-14-26-19)20-9-3-4-10-22(20)28(15-7-13-25)24(21)18(17)2/h3-6,8-12,14H,7,13,15-16,25H2,1-2H3/b27-23+. The van der Waals surface area contributed by atoms with E-state index in [0.29, 0.717) is 13.2 Å². The van der Waals surface area contributed by atoms with Gasteiger partial charge < -0.3 is 15.1 Å². The zero-order valence-electron chi connectivity index (χ0n) is 16.9. The highest BCUT2D eigenvalue weighted by Crippen LogP contribution is 2.25. The molecule has 4 aromatic rings. The summed E-state index contributed by atoms with van der Waals surface area (Å²) in [5.74, 6) is 0. The number of aromatic nitrogens is 2. The van der Waals surface area contributed by atoms with Crippen LogP contribution in [0, 0.1) is 13.8 Å². The fourth-order valence-electron chi connectivity index (χ4n) is 3.74. The van der Waals surface area contributed by atoms with Gasteiger partial charge in [0.25, 0.3) is 0 Å². The topological polar surface area (TPSA) is 65.4 Å². The van der Waals surface area contributed by atoms with Gasteiger partial charge in [-0.1, -0.05) is 41.6 Å². The fourth-order valence-corrected chi connectivity index (χ4v) is 3.74. The summed E-state index contributed by atoms with van der Waals surface area (Å²) in [6, 6.07) is 18.4. The maximum absolute atomic E-state index is 5.83. The molecule has 0 atom stereocenters. The third-order valence-corrected chi connectivity index (χ3v) is 5.36. The highest BCUT2D eigenvalue weighted by Gasteiger charge is 2.13. The lowest BCUT2D eigenvalue weighted by Gasteiger charge is -2.18. The third-order valence-electron chi connectivity index (χ3n) is 5.36. The van der Waals surface area contributed by atoms with Gasteiger partial charge in [0.1, 0.15) is 5.36 Å². The second-order valence-corrected chi connectivity index (χ2v) is 7.25. The van der Waals surface area contributed by atoms with Gasteiger partial charge in [0, 0.05) is 23.5 Å². The maximum Gasteiger partial charge on any atom is 0.159 e. The molecule has 0 aliphatic rings. The van der Waals surface area contributed by atoms with E-state index in [1.807, 2.05) is 24.3 Å². The van der Waals surface area contributed by atoms with Gasteiger partial charge in [0.2, 0.25) is 0 Å². The first-order valence-electron chi connectivity index (χ1n) is 9.98. The Morgan fingerprint density at radius 3 is 2.62 bits per heavy atom. The Bertz CT molecular complexity index is 1210. The van der Waals surface area contributed by atoms with Gasteiger partial charge >= 0.3 is 0 Å². The Labute approximate surface area is 170 Å². The molecule has 0 aliphatic heterocycles. The van der Waals surface area contributed by atoms with Gasteiger partial charge in [0.15, 0.2) is 6.61 Å². The van der Waals surface area contributed by atoms with Crippen LogP contribution in [0.2, 0.25) is 0 Å². The molecule has 0 amide bonds. The summed E-state index contributed by atoms with van der Waals surface area (Å²) in [7, 11) is 0. The molecule has 0 fully saturated rings. The van der Waals surface area contributed by atoms with Gasteiger partial charge in [-0.15, -0.1) is 0 Å². The van der Waals surface area contributed by atoms with E-state index >= 15 is 0 Å². The number of para-hydroxylation sites is 1. The van der Waals surface area contributed by atoms with Gasteiger partial charge in [0.05, 0.1) is 16.7 Å². The average molecular weight is 386 g/mol. The summed E-state index contributed by atoms with van der Waals surface area (Å²) in [4.78, 5) is 10.1. The molecule has 29 heavy (non-hydrogen) atoms. The SMILES string of the molecule is Cc1ccc2/c(=N/OCc3ccccn3)c3ccccc3n(CCCN)c2c1C. The number of hydrogen-bond donors (Lipinski definition) is 1. The summed E-state index contributed by atoms with van der Waals surface area (Å²) in [5.41, 5.74) is 11.5. The Kier molecular flexibility index (Phi) is 5.58. The van der Waals surface area contributed by atoms with Gasteiger partial charge in [-0.05, 0) is 56.1 Å². The predicted octanol–water partition coefficient (Wildman–Crippen LogP) is 4.19. The van der Waals surface area contributed by atoms with Crippen molar-refractivity contribution in [1.82, 2.24) is 9.55 Å². The van der Waals surface area contributed by atoms with Crippen molar-refractivity contribution >= 4 is 21.8 Å². The summed E-state index contributed by atoms with van der Waals surface area (Å²) in [5, 5.41) is 7.59. The number of nitrogens with zero attached hydrogens (tertiary/aromatic N) is 3. The van der Waals surface area contributed by atoms with E-state index < -0.39 is 0 Å². The van der Waals surface area contributed by atoms with Gasteiger partial charge in [-0.3, -0.25) is 4.98 Å². The molecule has 2 N–H and O–H groups in total. The van der Waals surface area contributed by atoms with Crippen LogP contribution < -0.4 is 11.1 Å². The van der Waals surface area contributed by atoms with E-state index in [2.05, 4.69) is 58.9 Å². The number of aryl methyl sites for hydroxylation is 3. The van der Waals surface area contributed by atoms with Crippen LogP contribution in [-0.2, 0) is 18.0 Å². The second kappa shape index (κ2) is 8.45. The normalized spacial score (nSPS) is 12.0. The first-order chi connectivity index (χ1) is 14.2. The molecule has 5 heteroatoms. The maximum atomic E-state index is 5.83. The van der Waals surface area contributed by atoms with Crippen LogP contribution in [0.1, 0.15) is 23.2 Å². The molecule has 5 nitrogen and oxygen atoms in total. The lowest BCUT2D eigenvalue weighted by Crippen LogP contribution is -2.16. The van der Waals surface area contributed by atoms with Crippen molar-refractivity contribution < 1.29 is 4.84 Å². The molecule has 4 rings (SSSR count). The van der Waals surface area contributed by atoms with Crippen molar-refractivity contribution in [3.05, 3.63) is 83.0 Å². The second-order valence-electron chi connectivity index (χ2n) is 7.25. The number of rotatable bonds is 6. The molecule has 0 unspecified atom stereocenters. The zero-order chi connectivity index (χ0) is 20.2. The molecule has 2 aromatic carbocycles. The minimum absolute atomic E-state index is 0.337. The van der Waals surface area contributed by atoms with Crippen molar-refractivity contribution in [2.24, 2.45) is 10.9 Å². The summed E-state index contributed by atoms with van der Waals surface area (Å²) < 4.78 is 2.37. The van der Waals surface area contributed by atoms with Crippen LogP contribution in [0.3, 0.4) is 0 Å². The van der Waals surface area contributed by atoms with E-state index in [0.717, 1.165) is 40.3 Å². The molecule has 148 valence electrons. The van der Waals surface area contributed by atoms with Gasteiger partial charge in [-0.2, -0.15) is 0 Å². The van der Waals surface area contributed by atoms with Crippen molar-refractivity contribution in [1.29, 1.82) is 0 Å². The lowest BCUT2D eigenvalue weighted by molar-refractivity contribution is 0.118. The summed E-state index contributed by atoms with van der Waals surface area (Å²) >= 11 is 0. The summed E-state index contributed by atoms with van der Waals surface area (Å²) in [6.07, 6.45) is 2.68. The van der Waals surface area contributed by atoms with Crippen LogP contribution in [0.4, 0.5) is 0 Å². The minimum Gasteiger partial charge on any atom is -0.389 e. The van der Waals surface area contributed by atoms with Crippen molar-refractivity contribution in [2.45, 2.75) is 33.4 Å². The molecule has 0 spiro atoms. The Morgan fingerprint density at radius 1 is 1.00 bits per heavy atom. The van der Waals surface area contributed by atoms with Crippen molar-refractivity contribution in [3.8, 4) is 0 Å². The number of nitrogens with two attached hydrogens (primary N) is 1. The highest BCUT2D eigenvalue weighted by molar-refractivity contribution is 5.95. The minimum atomic E-state index is 0.337. The van der Waals surface area contributed by atoms with Crippen molar-refractivity contribution in [3.63, 3.8) is 0 Å². The van der Waals surface area contributed by atoms with Gasteiger partial charge in [-0.25, -0.2) is 0 Å². The number of benzene rings is 2. The smallest absolute Gasteiger partial charge is 0.159 e. The highest BCUT2D eigenvalue weighted by atomic mass is 16.6. The van der Waals surface area contributed by atoms with Crippen LogP contribution >= 0.6 is 0 Å². The Hall–Kier alpha value is -3.18. The van der Waals surface area contributed by atoms with E-state index in [9.17, 15) is 0 Å². The molecule has 0 aliphatic carbocycles. The molecule has 0 saturated carbocycles. The number of hydrogen-bond acceptors (Lipinski definition) is 4. The first kappa shape index (κ1) is 19.2. The van der Waals surface area contributed by atoms with Crippen LogP contribution in [0.5, 0.6) is 0 Å². The summed E-state index contributed by atoms with van der Waals surface area (Å²) in [6.45, 7) is 6.18. The average Bonchev–Trinajstić information content (AvgIpc) is 2.76. The molecular formula is C24H26N4O. The zero-order valence-corrected chi connectivity index (χ0v) is 16.9. The van der Waals surface area contributed by atoms with Crippen LogP contribution in [0.25, 0.3) is 21.8 Å². The monoisotopic (exact) mass is 386 g/mol. The van der Waals surface area contributed by atoms with E-state index in [1.165, 1.54) is 16.6 Å². The van der Waals surface area contributed by atoms with E-state index in [1.54, 1.807) is 6.20 Å². The molecule has 0 saturated heterocycles. The number of pyridine rings is 2. The fraction of sp³-hybridized carbons (Fsp3) is 0.250. The molecule has 2 heterocycles. The largest absolute Gasteiger partial charge is 0.389 e. The third kappa shape index (κ3) is 3.74. The quantitative estimate of drug-likeness (QED) is 0.399. The van der Waals surface area contributed by atoms with Crippen LogP contribution in [-0.4, -0.2) is 16.1 Å². The number of fused-ring (bicyclic) bond motifs is 2. The molecule has 0 bridgehead atoms. The van der Waals surface area contributed by atoms with E-state index in [-0.39, 0.29) is 0 Å². The first-order valence-corrected chi connectivity index (χ1v) is 9.98.